The number of hydrogen-bond donors (Lipinski definition) is 0. The molecule has 1 aliphatic heterocycles. The highest BCUT2D eigenvalue weighted by Gasteiger charge is 2.25. The molecule has 2 aromatic carbocycles. The summed E-state index contributed by atoms with van der Waals surface area (Å²) in [5.41, 5.74) is 0.295. The summed E-state index contributed by atoms with van der Waals surface area (Å²) in [6, 6.07) is 17.8. The molecule has 0 radical (unpaired) electrons. The van der Waals surface area contributed by atoms with Crippen molar-refractivity contribution < 1.29 is 14.3 Å². The number of ether oxygens (including phenoxy) is 2. The molecule has 1 saturated heterocycles. The van der Waals surface area contributed by atoms with Gasteiger partial charge in [0.2, 0.25) is 0 Å². The Morgan fingerprint density at radius 1 is 1.00 bits per heavy atom. The van der Waals surface area contributed by atoms with Gasteiger partial charge in [-0.2, -0.15) is 0 Å². The minimum Gasteiger partial charge on any atom is -0.488 e. The molecule has 27 heavy (non-hydrogen) atoms. The lowest BCUT2D eigenvalue weighted by atomic mass is 10.2. The predicted octanol–water partition coefficient (Wildman–Crippen LogP) is 5.89. The van der Waals surface area contributed by atoms with Crippen LogP contribution in [0.5, 0.6) is 5.75 Å². The monoisotopic (exact) mass is 385 g/mol. The molecule has 3 rings (SSSR count). The average molecular weight is 386 g/mol. The molecule has 0 aliphatic carbocycles. The molecule has 144 valence electrons. The molecule has 0 bridgehead atoms. The lowest BCUT2D eigenvalue weighted by Gasteiger charge is -2.23. The quantitative estimate of drug-likeness (QED) is 0.475. The van der Waals surface area contributed by atoms with Crippen LogP contribution in [-0.2, 0) is 4.74 Å². The van der Waals surface area contributed by atoms with Gasteiger partial charge in [0.25, 0.3) is 0 Å². The first kappa shape index (κ1) is 19.6. The number of nitrogens with zero attached hydrogens (tertiary/aromatic N) is 1. The van der Waals surface area contributed by atoms with E-state index in [2.05, 4.69) is 0 Å². The fraction of sp³-hybridized carbons (Fsp3) is 0.409. The van der Waals surface area contributed by atoms with E-state index in [4.69, 9.17) is 9.47 Å². The molecule has 1 amide bonds. The largest absolute Gasteiger partial charge is 0.488 e. The van der Waals surface area contributed by atoms with Crippen LogP contribution in [0.15, 0.2) is 59.5 Å². The zero-order valence-electron chi connectivity index (χ0n) is 16.2. The molecule has 1 atom stereocenters. The molecule has 1 unspecified atom stereocenters. The normalized spacial score (nSPS) is 15.4. The van der Waals surface area contributed by atoms with Crippen LogP contribution in [0.3, 0.4) is 0 Å². The van der Waals surface area contributed by atoms with Gasteiger partial charge in [0.05, 0.1) is 0 Å². The van der Waals surface area contributed by atoms with E-state index in [1.54, 1.807) is 4.90 Å². The molecule has 0 spiro atoms. The first-order valence-corrected chi connectivity index (χ1v) is 10.2. The molecular weight excluding hydrogens is 358 g/mol. The van der Waals surface area contributed by atoms with Gasteiger partial charge in [-0.25, -0.2) is 4.79 Å². The van der Waals surface area contributed by atoms with Crippen LogP contribution in [0.25, 0.3) is 0 Å². The second-order valence-corrected chi connectivity index (χ2v) is 8.76. The van der Waals surface area contributed by atoms with E-state index in [0.29, 0.717) is 0 Å². The van der Waals surface area contributed by atoms with Gasteiger partial charge in [-0.15, -0.1) is 0 Å². The molecular formula is C22H27NO3S. The Labute approximate surface area is 165 Å². The zero-order chi connectivity index (χ0) is 19.3. The van der Waals surface area contributed by atoms with Crippen molar-refractivity contribution in [1.82, 2.24) is 4.90 Å². The topological polar surface area (TPSA) is 38.8 Å². The predicted molar refractivity (Wildman–Crippen MR) is 109 cm³/mol. The van der Waals surface area contributed by atoms with Gasteiger partial charge in [-0.1, -0.05) is 42.1 Å². The van der Waals surface area contributed by atoms with E-state index >= 15 is 0 Å². The Kier molecular flexibility index (Phi) is 6.32. The standard InChI is InChI=1S/C22H27NO3S/c1-22(2,3)26-18-13-11-17(12-14-18)20(27-19-9-5-4-6-10-19)25-21(24)23-15-7-8-16-23/h4-6,9-14,20H,7-8,15-16H2,1-3H3. The second-order valence-electron chi connectivity index (χ2n) is 7.62. The van der Waals surface area contributed by atoms with Crippen molar-refractivity contribution in [3.05, 3.63) is 60.2 Å². The van der Waals surface area contributed by atoms with Gasteiger partial charge in [0.1, 0.15) is 11.4 Å². The zero-order valence-corrected chi connectivity index (χ0v) is 17.0. The third-order valence-corrected chi connectivity index (χ3v) is 5.26. The smallest absolute Gasteiger partial charge is 0.411 e. The number of benzene rings is 2. The summed E-state index contributed by atoms with van der Waals surface area (Å²) in [6.07, 6.45) is 1.85. The van der Waals surface area contributed by atoms with Crippen molar-refractivity contribution in [1.29, 1.82) is 0 Å². The number of likely N-dealkylation sites (tertiary alicyclic amines) is 1. The van der Waals surface area contributed by atoms with Crippen LogP contribution >= 0.6 is 11.8 Å². The first-order chi connectivity index (χ1) is 12.9. The van der Waals surface area contributed by atoms with E-state index in [-0.39, 0.29) is 11.7 Å². The number of carbonyl (C=O) groups is 1. The molecule has 0 aromatic heterocycles. The first-order valence-electron chi connectivity index (χ1n) is 9.37. The van der Waals surface area contributed by atoms with Crippen LogP contribution in [0.2, 0.25) is 0 Å². The number of carbonyl (C=O) groups excluding carboxylic acids is 1. The fourth-order valence-electron chi connectivity index (χ4n) is 2.90. The van der Waals surface area contributed by atoms with Crippen molar-refractivity contribution in [3.63, 3.8) is 0 Å². The van der Waals surface area contributed by atoms with E-state index in [1.807, 2.05) is 75.4 Å². The van der Waals surface area contributed by atoms with Gasteiger partial charge in [0, 0.05) is 23.5 Å². The molecule has 4 nitrogen and oxygen atoms in total. The number of thioether (sulfide) groups is 1. The van der Waals surface area contributed by atoms with Gasteiger partial charge in [0.15, 0.2) is 5.44 Å². The van der Waals surface area contributed by atoms with Crippen LogP contribution in [-0.4, -0.2) is 29.7 Å². The van der Waals surface area contributed by atoms with Crippen molar-refractivity contribution in [2.24, 2.45) is 0 Å². The summed E-state index contributed by atoms with van der Waals surface area (Å²) in [5, 5.41) is 0. The lowest BCUT2D eigenvalue weighted by Crippen LogP contribution is -2.29. The fourth-order valence-corrected chi connectivity index (χ4v) is 3.88. The Bertz CT molecular complexity index is 734. The van der Waals surface area contributed by atoms with E-state index < -0.39 is 5.44 Å². The van der Waals surface area contributed by atoms with Crippen LogP contribution in [0.4, 0.5) is 4.79 Å². The van der Waals surface area contributed by atoms with Gasteiger partial charge < -0.3 is 14.4 Å². The van der Waals surface area contributed by atoms with Crippen LogP contribution < -0.4 is 4.74 Å². The average Bonchev–Trinajstić information content (AvgIpc) is 3.16. The van der Waals surface area contributed by atoms with Gasteiger partial charge in [-0.3, -0.25) is 0 Å². The summed E-state index contributed by atoms with van der Waals surface area (Å²) in [7, 11) is 0. The highest BCUT2D eigenvalue weighted by atomic mass is 32.2. The number of amides is 1. The number of rotatable bonds is 5. The SMILES string of the molecule is CC(C)(C)Oc1ccc(C(OC(=O)N2CCCC2)Sc2ccccc2)cc1. The molecule has 0 saturated carbocycles. The third kappa shape index (κ3) is 5.93. The van der Waals surface area contributed by atoms with Crippen molar-refractivity contribution >= 4 is 17.9 Å². The highest BCUT2D eigenvalue weighted by molar-refractivity contribution is 7.99. The lowest BCUT2D eigenvalue weighted by molar-refractivity contribution is 0.101. The van der Waals surface area contributed by atoms with Crippen molar-refractivity contribution in [2.75, 3.05) is 13.1 Å². The van der Waals surface area contributed by atoms with E-state index in [0.717, 1.165) is 42.1 Å². The number of hydrogen-bond acceptors (Lipinski definition) is 4. The summed E-state index contributed by atoms with van der Waals surface area (Å²) in [6.45, 7) is 7.62. The molecule has 1 heterocycles. The van der Waals surface area contributed by atoms with Crippen molar-refractivity contribution in [3.8, 4) is 5.75 Å². The Balaban J connectivity index is 1.76. The minimum atomic E-state index is -0.399. The minimum absolute atomic E-state index is 0.240. The maximum atomic E-state index is 12.5. The summed E-state index contributed by atoms with van der Waals surface area (Å²) in [5.74, 6) is 0.806. The Morgan fingerprint density at radius 2 is 1.63 bits per heavy atom. The van der Waals surface area contributed by atoms with E-state index in [9.17, 15) is 4.79 Å². The van der Waals surface area contributed by atoms with Gasteiger partial charge in [-0.05, 0) is 57.9 Å². The van der Waals surface area contributed by atoms with Crippen molar-refractivity contribution in [2.45, 2.75) is 49.5 Å². The highest BCUT2D eigenvalue weighted by Crippen LogP contribution is 2.37. The van der Waals surface area contributed by atoms with Crippen LogP contribution in [0.1, 0.15) is 44.6 Å². The maximum absolute atomic E-state index is 12.5. The van der Waals surface area contributed by atoms with Crippen LogP contribution in [0, 0.1) is 0 Å². The Morgan fingerprint density at radius 3 is 2.22 bits per heavy atom. The maximum Gasteiger partial charge on any atom is 0.411 e. The summed E-state index contributed by atoms with van der Waals surface area (Å²) < 4.78 is 11.8. The molecule has 1 fully saturated rings. The Hall–Kier alpha value is -2.14. The molecule has 0 N–H and O–H groups in total. The third-order valence-electron chi connectivity index (χ3n) is 4.13. The summed E-state index contributed by atoms with van der Waals surface area (Å²) in [4.78, 5) is 15.4. The van der Waals surface area contributed by atoms with E-state index in [1.165, 1.54) is 11.8 Å². The molecule has 5 heteroatoms. The van der Waals surface area contributed by atoms with Gasteiger partial charge >= 0.3 is 6.09 Å². The molecule has 2 aromatic rings. The molecule has 1 aliphatic rings. The second kappa shape index (κ2) is 8.70. The summed E-state index contributed by atoms with van der Waals surface area (Å²) >= 11 is 1.54.